The van der Waals surface area contributed by atoms with Crippen molar-refractivity contribution in [2.24, 2.45) is 0 Å². The molecular weight excluding hydrogens is 459 g/mol. The lowest BCUT2D eigenvalue weighted by Crippen LogP contribution is -2.30. The van der Waals surface area contributed by atoms with Gasteiger partial charge in [0.1, 0.15) is 28.6 Å². The number of hydrogen-bond acceptors (Lipinski definition) is 5. The van der Waals surface area contributed by atoms with Crippen LogP contribution in [0.3, 0.4) is 0 Å². The Kier molecular flexibility index (Phi) is 5.58. The zero-order chi connectivity index (χ0) is 24.7. The van der Waals surface area contributed by atoms with E-state index < -0.39 is 6.36 Å². The van der Waals surface area contributed by atoms with Crippen molar-refractivity contribution in [2.75, 3.05) is 17.2 Å². The highest BCUT2D eigenvalue weighted by Gasteiger charge is 2.31. The van der Waals surface area contributed by atoms with E-state index in [0.29, 0.717) is 24.3 Å². The zero-order valence-corrected chi connectivity index (χ0v) is 18.8. The Morgan fingerprint density at radius 2 is 2.03 bits per heavy atom. The molecule has 0 saturated carbocycles. The van der Waals surface area contributed by atoms with E-state index in [9.17, 15) is 18.0 Å². The Labute approximate surface area is 199 Å². The molecule has 3 heterocycles. The van der Waals surface area contributed by atoms with E-state index >= 15 is 0 Å². The lowest BCUT2D eigenvalue weighted by Gasteiger charge is -2.18. The molecule has 7 nitrogen and oxygen atoms in total. The maximum absolute atomic E-state index is 13.0. The molecule has 0 fully saturated rings. The SMILES string of the molecule is CCc1nc(-c2ccc3c(c2)CCN3C(=O)Cc2cccc(OC(F)(F)F)c2)c2c(N)nccn12. The average Bonchev–Trinajstić information content (AvgIpc) is 3.40. The van der Waals surface area contributed by atoms with E-state index in [1.165, 1.54) is 18.2 Å². The molecule has 0 spiro atoms. The minimum atomic E-state index is -4.78. The van der Waals surface area contributed by atoms with Gasteiger partial charge in [0.25, 0.3) is 0 Å². The summed E-state index contributed by atoms with van der Waals surface area (Å²) >= 11 is 0. The van der Waals surface area contributed by atoms with Crippen LogP contribution in [-0.2, 0) is 24.1 Å². The Morgan fingerprint density at radius 1 is 1.20 bits per heavy atom. The number of anilines is 2. The fourth-order valence-corrected chi connectivity index (χ4v) is 4.51. The summed E-state index contributed by atoms with van der Waals surface area (Å²) in [6, 6.07) is 11.3. The first kappa shape index (κ1) is 22.7. The first-order chi connectivity index (χ1) is 16.7. The summed E-state index contributed by atoms with van der Waals surface area (Å²) in [5.74, 6) is 0.721. The van der Waals surface area contributed by atoms with Crippen molar-refractivity contribution in [3.05, 3.63) is 71.8 Å². The normalized spacial score (nSPS) is 13.3. The molecule has 1 aliphatic heterocycles. The van der Waals surface area contributed by atoms with E-state index in [4.69, 9.17) is 10.7 Å². The molecule has 1 amide bonds. The fraction of sp³-hybridized carbons (Fsp3) is 0.240. The Morgan fingerprint density at radius 3 is 2.80 bits per heavy atom. The van der Waals surface area contributed by atoms with Crippen LogP contribution in [0.4, 0.5) is 24.7 Å². The van der Waals surface area contributed by atoms with Crippen LogP contribution in [0, 0.1) is 0 Å². The van der Waals surface area contributed by atoms with Gasteiger partial charge in [-0.3, -0.25) is 9.20 Å². The molecule has 180 valence electrons. The number of aromatic nitrogens is 3. The highest BCUT2D eigenvalue weighted by atomic mass is 19.4. The largest absolute Gasteiger partial charge is 0.573 e. The van der Waals surface area contributed by atoms with Gasteiger partial charge in [-0.1, -0.05) is 25.1 Å². The molecule has 35 heavy (non-hydrogen) atoms. The van der Waals surface area contributed by atoms with Gasteiger partial charge >= 0.3 is 6.36 Å². The van der Waals surface area contributed by atoms with Crippen molar-refractivity contribution in [1.29, 1.82) is 0 Å². The van der Waals surface area contributed by atoms with Crippen LogP contribution in [-0.4, -0.2) is 33.2 Å². The zero-order valence-electron chi connectivity index (χ0n) is 18.8. The predicted molar refractivity (Wildman–Crippen MR) is 125 cm³/mol. The molecule has 5 rings (SSSR count). The standard InChI is InChI=1S/C25H22F3N5O2/c1-2-20-31-22(23-24(29)30-9-11-33(20)23)17-6-7-19-16(14-17)8-10-32(19)21(34)13-15-4-3-5-18(12-15)35-25(26,27)28/h3-7,9,11-12,14H,2,8,10,13H2,1H3,(H2,29,30). The van der Waals surface area contributed by atoms with Crippen LogP contribution in [0.1, 0.15) is 23.9 Å². The second-order valence-corrected chi connectivity index (χ2v) is 8.27. The number of carbonyl (C=O) groups excluding carboxylic acids is 1. The maximum Gasteiger partial charge on any atom is 0.573 e. The first-order valence-corrected chi connectivity index (χ1v) is 11.1. The van der Waals surface area contributed by atoms with E-state index in [2.05, 4.69) is 9.72 Å². The number of imidazole rings is 1. The Bertz CT molecular complexity index is 1430. The van der Waals surface area contributed by atoms with Crippen molar-refractivity contribution in [3.63, 3.8) is 0 Å². The molecule has 2 aromatic carbocycles. The van der Waals surface area contributed by atoms with Crippen LogP contribution in [0.2, 0.25) is 0 Å². The molecule has 0 unspecified atom stereocenters. The van der Waals surface area contributed by atoms with Gasteiger partial charge in [0, 0.05) is 36.6 Å². The van der Waals surface area contributed by atoms with Gasteiger partial charge in [0.2, 0.25) is 5.91 Å². The number of amides is 1. The van der Waals surface area contributed by atoms with Gasteiger partial charge in [0.15, 0.2) is 0 Å². The van der Waals surface area contributed by atoms with Crippen LogP contribution < -0.4 is 15.4 Å². The van der Waals surface area contributed by atoms with E-state index in [1.54, 1.807) is 17.2 Å². The summed E-state index contributed by atoms with van der Waals surface area (Å²) in [6.45, 7) is 2.51. The Hall–Kier alpha value is -4.08. The van der Waals surface area contributed by atoms with Gasteiger partial charge in [-0.2, -0.15) is 0 Å². The maximum atomic E-state index is 13.0. The molecule has 4 aromatic rings. The Balaban J connectivity index is 1.40. The van der Waals surface area contributed by atoms with Crippen molar-refractivity contribution in [2.45, 2.75) is 32.5 Å². The van der Waals surface area contributed by atoms with Crippen molar-refractivity contribution < 1.29 is 22.7 Å². The van der Waals surface area contributed by atoms with Gasteiger partial charge < -0.3 is 15.4 Å². The van der Waals surface area contributed by atoms with Crippen LogP contribution in [0.15, 0.2) is 54.9 Å². The summed E-state index contributed by atoms with van der Waals surface area (Å²) in [5.41, 5.74) is 10.7. The molecule has 0 bridgehead atoms. The monoisotopic (exact) mass is 481 g/mol. The second kappa shape index (κ2) is 8.61. The number of hydrogen-bond donors (Lipinski definition) is 1. The number of carbonyl (C=O) groups is 1. The van der Waals surface area contributed by atoms with E-state index in [0.717, 1.165) is 40.3 Å². The van der Waals surface area contributed by atoms with Crippen LogP contribution >= 0.6 is 0 Å². The number of nitrogens with two attached hydrogens (primary N) is 1. The van der Waals surface area contributed by atoms with Gasteiger partial charge in [-0.15, -0.1) is 13.2 Å². The number of ether oxygens (including phenoxy) is 1. The van der Waals surface area contributed by atoms with Crippen molar-refractivity contribution in [3.8, 4) is 17.0 Å². The number of rotatable bonds is 5. The number of fused-ring (bicyclic) bond motifs is 2. The highest BCUT2D eigenvalue weighted by molar-refractivity contribution is 5.97. The molecule has 0 aliphatic carbocycles. The van der Waals surface area contributed by atoms with Gasteiger partial charge in [-0.05, 0) is 41.8 Å². The summed E-state index contributed by atoms with van der Waals surface area (Å²) < 4.78 is 43.5. The molecule has 2 aromatic heterocycles. The smallest absolute Gasteiger partial charge is 0.406 e. The summed E-state index contributed by atoms with van der Waals surface area (Å²) in [4.78, 5) is 23.7. The minimum Gasteiger partial charge on any atom is -0.406 e. The third-order valence-corrected chi connectivity index (χ3v) is 6.01. The molecular formula is C25H22F3N5O2. The third kappa shape index (κ3) is 4.39. The van der Waals surface area contributed by atoms with Crippen LogP contribution in [0.5, 0.6) is 5.75 Å². The van der Waals surface area contributed by atoms with E-state index in [1.807, 2.05) is 35.7 Å². The summed E-state index contributed by atoms with van der Waals surface area (Å²) in [7, 11) is 0. The van der Waals surface area contributed by atoms with Crippen molar-refractivity contribution >= 4 is 22.9 Å². The topological polar surface area (TPSA) is 85.8 Å². The first-order valence-electron chi connectivity index (χ1n) is 11.1. The molecule has 0 saturated heterocycles. The number of nitrogens with zero attached hydrogens (tertiary/aromatic N) is 4. The van der Waals surface area contributed by atoms with Gasteiger partial charge in [0.05, 0.1) is 6.42 Å². The number of halogens is 3. The molecule has 0 radical (unpaired) electrons. The molecule has 1 aliphatic rings. The summed E-state index contributed by atoms with van der Waals surface area (Å²) in [6.07, 6.45) is 0.0458. The minimum absolute atomic E-state index is 0.0377. The number of alkyl halides is 3. The third-order valence-electron chi connectivity index (χ3n) is 6.01. The van der Waals surface area contributed by atoms with E-state index in [-0.39, 0.29) is 18.1 Å². The highest BCUT2D eigenvalue weighted by Crippen LogP contribution is 2.35. The lowest BCUT2D eigenvalue weighted by molar-refractivity contribution is -0.274. The number of benzene rings is 2. The quantitative estimate of drug-likeness (QED) is 0.451. The molecule has 0 atom stereocenters. The fourth-order valence-electron chi connectivity index (χ4n) is 4.51. The number of aryl methyl sites for hydroxylation is 1. The second-order valence-electron chi connectivity index (χ2n) is 8.27. The van der Waals surface area contributed by atoms with Crippen molar-refractivity contribution in [1.82, 2.24) is 14.4 Å². The lowest BCUT2D eigenvalue weighted by atomic mass is 10.1. The predicted octanol–water partition coefficient (Wildman–Crippen LogP) is 4.57. The van der Waals surface area contributed by atoms with Crippen LogP contribution in [0.25, 0.3) is 16.8 Å². The molecule has 2 N–H and O–H groups in total. The van der Waals surface area contributed by atoms with Gasteiger partial charge in [-0.25, -0.2) is 9.97 Å². The summed E-state index contributed by atoms with van der Waals surface area (Å²) in [5, 5.41) is 0. The average molecular weight is 481 g/mol. The number of nitrogen functional groups attached to an aromatic ring is 1. The molecule has 10 heteroatoms.